The molecule has 0 radical (unpaired) electrons. The average Bonchev–Trinajstić information content (AvgIpc) is 2.09. The Morgan fingerprint density at radius 3 is 2.27 bits per heavy atom. The van der Waals surface area contributed by atoms with E-state index in [0.29, 0.717) is 0 Å². The van der Waals surface area contributed by atoms with Gasteiger partial charge in [-0.1, -0.05) is 0 Å². The Kier molecular flexibility index (Phi) is 5.68. The molecule has 6 N–H and O–H groups in total. The number of carbonyl (C=O) groups is 1. The van der Waals surface area contributed by atoms with Crippen molar-refractivity contribution in [3.05, 3.63) is 0 Å². The minimum absolute atomic E-state index is 0.0637. The number of aliphatic hydroxyl groups is 1. The van der Waals surface area contributed by atoms with Crippen molar-refractivity contribution in [2.75, 3.05) is 19.7 Å². The lowest BCUT2D eigenvalue weighted by atomic mass is 10.2. The Bertz CT molecular complexity index is 304. The molecule has 0 fully saturated rings. The number of aliphatic carboxylic acids is 1. The molecule has 0 saturated carbocycles. The van der Waals surface area contributed by atoms with Crippen molar-refractivity contribution >= 4 is 16.2 Å². The number of nitrogens with two attached hydrogens (primary N) is 2. The van der Waals surface area contributed by atoms with E-state index in [-0.39, 0.29) is 19.5 Å². The molecule has 0 rings (SSSR count). The molecule has 0 saturated heterocycles. The van der Waals surface area contributed by atoms with E-state index in [2.05, 4.69) is 0 Å². The molecule has 0 aromatic heterocycles. The van der Waals surface area contributed by atoms with Gasteiger partial charge in [0.25, 0.3) is 10.2 Å². The topological polar surface area (TPSA) is 147 Å². The quantitative estimate of drug-likeness (QED) is 0.381. The van der Waals surface area contributed by atoms with Crippen molar-refractivity contribution in [2.24, 2.45) is 10.9 Å². The van der Waals surface area contributed by atoms with E-state index in [9.17, 15) is 13.2 Å². The summed E-state index contributed by atoms with van der Waals surface area (Å²) in [4.78, 5) is 10.3. The van der Waals surface area contributed by atoms with Crippen LogP contribution in [-0.4, -0.2) is 54.6 Å². The largest absolute Gasteiger partial charge is 0.480 e. The fourth-order valence-electron chi connectivity index (χ4n) is 0.884. The minimum Gasteiger partial charge on any atom is -0.480 e. The number of hydrogen-bond donors (Lipinski definition) is 4. The molecule has 0 bridgehead atoms. The van der Waals surface area contributed by atoms with Crippen LogP contribution in [0.4, 0.5) is 0 Å². The van der Waals surface area contributed by atoms with E-state index >= 15 is 0 Å². The first-order chi connectivity index (χ1) is 6.79. The smallest absolute Gasteiger partial charge is 0.320 e. The third kappa shape index (κ3) is 5.64. The van der Waals surface area contributed by atoms with Crippen molar-refractivity contribution in [1.29, 1.82) is 0 Å². The van der Waals surface area contributed by atoms with E-state index in [1.807, 2.05) is 0 Å². The van der Waals surface area contributed by atoms with Crippen LogP contribution in [-0.2, 0) is 15.0 Å². The highest BCUT2D eigenvalue weighted by Gasteiger charge is 2.19. The zero-order valence-corrected chi connectivity index (χ0v) is 8.85. The number of aliphatic hydroxyl groups excluding tert-OH is 1. The first-order valence-corrected chi connectivity index (χ1v) is 5.66. The van der Waals surface area contributed by atoms with Crippen LogP contribution in [0.3, 0.4) is 0 Å². The van der Waals surface area contributed by atoms with Gasteiger partial charge in [-0.15, -0.1) is 0 Å². The fraction of sp³-hybridized carbons (Fsp3) is 0.833. The maximum atomic E-state index is 10.9. The first-order valence-electron chi connectivity index (χ1n) is 4.16. The van der Waals surface area contributed by atoms with Gasteiger partial charge < -0.3 is 15.9 Å². The molecule has 1 atom stereocenters. The Hall–Kier alpha value is -0.740. The summed E-state index contributed by atoms with van der Waals surface area (Å²) >= 11 is 0. The van der Waals surface area contributed by atoms with Crippen LogP contribution in [0.5, 0.6) is 0 Å². The van der Waals surface area contributed by atoms with Gasteiger partial charge >= 0.3 is 5.97 Å². The van der Waals surface area contributed by atoms with Crippen LogP contribution < -0.4 is 10.9 Å². The summed E-state index contributed by atoms with van der Waals surface area (Å²) in [6.45, 7) is -0.698. The number of hydrogen-bond acceptors (Lipinski definition) is 5. The molecule has 90 valence electrons. The van der Waals surface area contributed by atoms with E-state index < -0.39 is 28.8 Å². The van der Waals surface area contributed by atoms with Crippen LogP contribution >= 0.6 is 0 Å². The summed E-state index contributed by atoms with van der Waals surface area (Å²) in [5, 5.41) is 21.8. The second kappa shape index (κ2) is 5.98. The fourth-order valence-corrected chi connectivity index (χ4v) is 1.58. The van der Waals surface area contributed by atoms with Crippen molar-refractivity contribution < 1.29 is 23.4 Å². The van der Waals surface area contributed by atoms with Crippen molar-refractivity contribution in [3.8, 4) is 0 Å². The molecule has 1 unspecified atom stereocenters. The SMILES string of the molecule is NC(CCN(CCO)S(N)(=O)=O)C(=O)O. The maximum Gasteiger partial charge on any atom is 0.320 e. The lowest BCUT2D eigenvalue weighted by Crippen LogP contribution is -2.42. The number of carboxylic acids is 1. The van der Waals surface area contributed by atoms with Crippen molar-refractivity contribution in [2.45, 2.75) is 12.5 Å². The molecule has 9 heteroatoms. The van der Waals surface area contributed by atoms with Gasteiger partial charge in [-0.05, 0) is 6.42 Å². The van der Waals surface area contributed by atoms with Crippen LogP contribution in [0.1, 0.15) is 6.42 Å². The molecule has 0 aliphatic heterocycles. The summed E-state index contributed by atoms with van der Waals surface area (Å²) < 4.78 is 22.6. The Morgan fingerprint density at radius 2 is 1.93 bits per heavy atom. The van der Waals surface area contributed by atoms with E-state index in [0.717, 1.165) is 4.31 Å². The molecule has 15 heavy (non-hydrogen) atoms. The van der Waals surface area contributed by atoms with Gasteiger partial charge in [-0.25, -0.2) is 5.14 Å². The van der Waals surface area contributed by atoms with Crippen LogP contribution in [0, 0.1) is 0 Å². The first kappa shape index (κ1) is 14.3. The third-order valence-electron chi connectivity index (χ3n) is 1.72. The average molecular weight is 241 g/mol. The molecule has 0 aliphatic rings. The second-order valence-electron chi connectivity index (χ2n) is 2.90. The normalized spacial score (nSPS) is 14.1. The van der Waals surface area contributed by atoms with E-state index in [1.54, 1.807) is 0 Å². The van der Waals surface area contributed by atoms with Crippen LogP contribution in [0.2, 0.25) is 0 Å². The standard InChI is InChI=1S/C6H15N3O5S/c7-5(6(11)12)1-2-9(3-4-10)15(8,13)14/h5,10H,1-4,7H2,(H,11,12)(H2,8,13,14). The minimum atomic E-state index is -3.92. The zero-order valence-electron chi connectivity index (χ0n) is 8.04. The lowest BCUT2D eigenvalue weighted by Gasteiger charge is -2.18. The molecule has 0 aromatic rings. The van der Waals surface area contributed by atoms with Gasteiger partial charge in [0, 0.05) is 13.1 Å². The molecule has 0 aromatic carbocycles. The molecule has 0 spiro atoms. The van der Waals surface area contributed by atoms with Gasteiger partial charge in [0.15, 0.2) is 0 Å². The van der Waals surface area contributed by atoms with Crippen molar-refractivity contribution in [1.82, 2.24) is 4.31 Å². The maximum absolute atomic E-state index is 10.9. The zero-order chi connectivity index (χ0) is 12.1. The van der Waals surface area contributed by atoms with Gasteiger partial charge in [-0.3, -0.25) is 4.79 Å². The Morgan fingerprint density at radius 1 is 1.40 bits per heavy atom. The molecular formula is C6H15N3O5S. The second-order valence-corrected chi connectivity index (χ2v) is 4.45. The number of carboxylic acid groups (broad SMARTS) is 1. The predicted molar refractivity (Wildman–Crippen MR) is 52.0 cm³/mol. The van der Waals surface area contributed by atoms with Gasteiger partial charge in [0.2, 0.25) is 0 Å². The molecule has 0 heterocycles. The van der Waals surface area contributed by atoms with E-state index in [4.69, 9.17) is 21.1 Å². The highest BCUT2D eigenvalue weighted by molar-refractivity contribution is 7.86. The monoisotopic (exact) mass is 241 g/mol. The molecule has 0 amide bonds. The van der Waals surface area contributed by atoms with Crippen LogP contribution in [0.25, 0.3) is 0 Å². The summed E-state index contributed by atoms with van der Waals surface area (Å²) in [7, 11) is -3.92. The Labute approximate surface area is 87.6 Å². The summed E-state index contributed by atoms with van der Waals surface area (Å²) in [6.07, 6.45) is -0.0637. The summed E-state index contributed by atoms with van der Waals surface area (Å²) in [5.74, 6) is -1.21. The predicted octanol–water partition coefficient (Wildman–Crippen LogP) is -2.71. The van der Waals surface area contributed by atoms with Gasteiger partial charge in [-0.2, -0.15) is 12.7 Å². The molecule has 0 aliphatic carbocycles. The van der Waals surface area contributed by atoms with Gasteiger partial charge in [0.1, 0.15) is 6.04 Å². The van der Waals surface area contributed by atoms with E-state index in [1.165, 1.54) is 0 Å². The van der Waals surface area contributed by atoms with Gasteiger partial charge in [0.05, 0.1) is 6.61 Å². The molecule has 8 nitrogen and oxygen atoms in total. The lowest BCUT2D eigenvalue weighted by molar-refractivity contribution is -0.138. The molecular weight excluding hydrogens is 226 g/mol. The number of rotatable bonds is 7. The van der Waals surface area contributed by atoms with Crippen LogP contribution in [0.15, 0.2) is 0 Å². The highest BCUT2D eigenvalue weighted by atomic mass is 32.2. The number of nitrogens with zero attached hydrogens (tertiary/aromatic N) is 1. The van der Waals surface area contributed by atoms with Crippen molar-refractivity contribution in [3.63, 3.8) is 0 Å². The summed E-state index contributed by atoms with van der Waals surface area (Å²) in [5.41, 5.74) is 5.18. The summed E-state index contributed by atoms with van der Waals surface area (Å²) in [6, 6.07) is -1.15. The third-order valence-corrected chi connectivity index (χ3v) is 2.80. The Balaban J connectivity index is 4.26. The highest BCUT2D eigenvalue weighted by Crippen LogP contribution is 1.98.